The highest BCUT2D eigenvalue weighted by molar-refractivity contribution is 5.72. The first kappa shape index (κ1) is 10.3. The molecule has 13 heavy (non-hydrogen) atoms. The Morgan fingerprint density at radius 1 is 1.62 bits per heavy atom. The van der Waals surface area contributed by atoms with Crippen LogP contribution in [0.5, 0.6) is 0 Å². The molecule has 1 aliphatic rings. The van der Waals surface area contributed by atoms with E-state index in [0.29, 0.717) is 12.5 Å². The number of urea groups is 1. The van der Waals surface area contributed by atoms with Crippen LogP contribution < -0.4 is 16.8 Å². The summed E-state index contributed by atoms with van der Waals surface area (Å²) in [6.45, 7) is 2.61. The van der Waals surface area contributed by atoms with Gasteiger partial charge in [0.05, 0.1) is 5.54 Å². The van der Waals surface area contributed by atoms with Crippen LogP contribution in [0, 0.1) is 5.92 Å². The first-order valence-electron chi connectivity index (χ1n) is 4.88. The van der Waals surface area contributed by atoms with Crippen molar-refractivity contribution in [1.29, 1.82) is 0 Å². The van der Waals surface area contributed by atoms with Gasteiger partial charge in [0.15, 0.2) is 0 Å². The molecule has 1 saturated carbocycles. The van der Waals surface area contributed by atoms with Crippen LogP contribution >= 0.6 is 0 Å². The van der Waals surface area contributed by atoms with Crippen LogP contribution in [0.1, 0.15) is 32.6 Å². The van der Waals surface area contributed by atoms with Crippen molar-refractivity contribution in [2.24, 2.45) is 17.4 Å². The standard InChI is InChI=1S/C9H19N3O/c1-7-4-2-3-5-9(7,6-10)12-8(11)13/h7H,2-6,10H2,1H3,(H3,11,12,13). The Bertz CT molecular complexity index is 195. The maximum atomic E-state index is 10.8. The zero-order valence-electron chi connectivity index (χ0n) is 8.18. The molecule has 2 atom stereocenters. The summed E-state index contributed by atoms with van der Waals surface area (Å²) in [5.74, 6) is 0.429. The Hall–Kier alpha value is -0.770. The summed E-state index contributed by atoms with van der Waals surface area (Å²) in [7, 11) is 0. The van der Waals surface area contributed by atoms with E-state index in [1.165, 1.54) is 6.42 Å². The molecule has 76 valence electrons. The van der Waals surface area contributed by atoms with Crippen LogP contribution in [0.15, 0.2) is 0 Å². The van der Waals surface area contributed by atoms with Crippen LogP contribution in [-0.2, 0) is 0 Å². The molecule has 0 aliphatic heterocycles. The smallest absolute Gasteiger partial charge is 0.312 e. The van der Waals surface area contributed by atoms with E-state index in [-0.39, 0.29) is 5.54 Å². The van der Waals surface area contributed by atoms with Crippen LogP contribution in [0.2, 0.25) is 0 Å². The van der Waals surface area contributed by atoms with Gasteiger partial charge in [-0.2, -0.15) is 0 Å². The maximum absolute atomic E-state index is 10.8. The number of primary amides is 1. The minimum absolute atomic E-state index is 0.246. The number of nitrogens with two attached hydrogens (primary N) is 2. The average molecular weight is 185 g/mol. The second-order valence-corrected chi connectivity index (χ2v) is 4.00. The van der Waals surface area contributed by atoms with Gasteiger partial charge in [0.1, 0.15) is 0 Å². The molecule has 5 N–H and O–H groups in total. The lowest BCUT2D eigenvalue weighted by atomic mass is 9.73. The minimum atomic E-state index is -0.459. The van der Waals surface area contributed by atoms with E-state index in [2.05, 4.69) is 12.2 Å². The summed E-state index contributed by atoms with van der Waals surface area (Å²) in [5, 5.41) is 2.81. The quantitative estimate of drug-likeness (QED) is 0.587. The number of amides is 2. The molecule has 2 amide bonds. The maximum Gasteiger partial charge on any atom is 0.312 e. The first-order valence-corrected chi connectivity index (χ1v) is 4.88. The van der Waals surface area contributed by atoms with Crippen molar-refractivity contribution < 1.29 is 4.79 Å². The predicted octanol–water partition coefficient (Wildman–Crippen LogP) is 0.562. The molecule has 0 aromatic rings. The minimum Gasteiger partial charge on any atom is -0.352 e. The number of nitrogens with one attached hydrogen (secondary N) is 1. The van der Waals surface area contributed by atoms with Crippen LogP contribution in [0.3, 0.4) is 0 Å². The Kier molecular flexibility index (Phi) is 3.14. The Morgan fingerprint density at radius 2 is 2.31 bits per heavy atom. The number of hydrogen-bond acceptors (Lipinski definition) is 2. The number of hydrogen-bond donors (Lipinski definition) is 3. The van der Waals surface area contributed by atoms with Crippen molar-refractivity contribution >= 4 is 6.03 Å². The topological polar surface area (TPSA) is 81.1 Å². The highest BCUT2D eigenvalue weighted by Gasteiger charge is 2.37. The second-order valence-electron chi connectivity index (χ2n) is 4.00. The third kappa shape index (κ3) is 2.12. The lowest BCUT2D eigenvalue weighted by molar-refractivity contribution is 0.164. The van der Waals surface area contributed by atoms with Crippen LogP contribution in [0.25, 0.3) is 0 Å². The van der Waals surface area contributed by atoms with E-state index in [9.17, 15) is 4.79 Å². The van der Waals surface area contributed by atoms with Crippen molar-refractivity contribution in [2.75, 3.05) is 6.54 Å². The molecule has 0 radical (unpaired) electrons. The summed E-state index contributed by atoms with van der Waals surface area (Å²) in [5.41, 5.74) is 10.6. The fraction of sp³-hybridized carbons (Fsp3) is 0.889. The van der Waals surface area contributed by atoms with Gasteiger partial charge in [0.25, 0.3) is 0 Å². The third-order valence-electron chi connectivity index (χ3n) is 3.19. The molecule has 0 saturated heterocycles. The largest absolute Gasteiger partial charge is 0.352 e. The van der Waals surface area contributed by atoms with E-state index in [1.54, 1.807) is 0 Å². The van der Waals surface area contributed by atoms with Crippen molar-refractivity contribution in [3.05, 3.63) is 0 Å². The van der Waals surface area contributed by atoms with Gasteiger partial charge in [-0.05, 0) is 18.8 Å². The van der Waals surface area contributed by atoms with Gasteiger partial charge in [-0.15, -0.1) is 0 Å². The summed E-state index contributed by atoms with van der Waals surface area (Å²) in [6.07, 6.45) is 4.43. The van der Waals surface area contributed by atoms with Gasteiger partial charge in [-0.3, -0.25) is 0 Å². The normalized spacial score (nSPS) is 34.2. The highest BCUT2D eigenvalue weighted by atomic mass is 16.2. The number of carbonyl (C=O) groups excluding carboxylic acids is 1. The zero-order valence-corrected chi connectivity index (χ0v) is 8.18. The number of rotatable bonds is 2. The lowest BCUT2D eigenvalue weighted by Gasteiger charge is -2.42. The molecule has 2 unspecified atom stereocenters. The molecular formula is C9H19N3O. The molecule has 0 heterocycles. The van der Waals surface area contributed by atoms with Gasteiger partial charge in [-0.25, -0.2) is 4.79 Å². The predicted molar refractivity (Wildman–Crippen MR) is 52.1 cm³/mol. The fourth-order valence-corrected chi connectivity index (χ4v) is 2.20. The molecule has 4 heteroatoms. The van der Waals surface area contributed by atoms with Crippen molar-refractivity contribution in [2.45, 2.75) is 38.1 Å². The van der Waals surface area contributed by atoms with Gasteiger partial charge in [0, 0.05) is 6.54 Å². The molecule has 0 aromatic heterocycles. The molecule has 4 nitrogen and oxygen atoms in total. The number of carbonyl (C=O) groups is 1. The van der Waals surface area contributed by atoms with Crippen molar-refractivity contribution in [1.82, 2.24) is 5.32 Å². The highest BCUT2D eigenvalue weighted by Crippen LogP contribution is 2.32. The molecule has 1 fully saturated rings. The van der Waals surface area contributed by atoms with Crippen molar-refractivity contribution in [3.63, 3.8) is 0 Å². The second kappa shape index (κ2) is 3.96. The molecule has 0 spiro atoms. The van der Waals surface area contributed by atoms with Crippen LogP contribution in [-0.4, -0.2) is 18.1 Å². The zero-order chi connectivity index (χ0) is 9.90. The average Bonchev–Trinajstić information content (AvgIpc) is 2.08. The molecular weight excluding hydrogens is 166 g/mol. The van der Waals surface area contributed by atoms with Gasteiger partial charge >= 0.3 is 6.03 Å². The summed E-state index contributed by atoms with van der Waals surface area (Å²) >= 11 is 0. The Labute approximate surface area is 79.0 Å². The molecule has 1 aliphatic carbocycles. The van der Waals surface area contributed by atoms with Crippen LogP contribution in [0.4, 0.5) is 4.79 Å². The Balaban J connectivity index is 2.69. The van der Waals surface area contributed by atoms with Gasteiger partial charge < -0.3 is 16.8 Å². The van der Waals surface area contributed by atoms with E-state index < -0.39 is 6.03 Å². The molecule has 1 rings (SSSR count). The van der Waals surface area contributed by atoms with E-state index >= 15 is 0 Å². The van der Waals surface area contributed by atoms with Gasteiger partial charge in [-0.1, -0.05) is 19.8 Å². The SMILES string of the molecule is CC1CCCCC1(CN)NC(N)=O. The summed E-state index contributed by atoms with van der Waals surface area (Å²) < 4.78 is 0. The molecule has 0 bridgehead atoms. The fourth-order valence-electron chi connectivity index (χ4n) is 2.20. The third-order valence-corrected chi connectivity index (χ3v) is 3.19. The Morgan fingerprint density at radius 3 is 2.77 bits per heavy atom. The van der Waals surface area contributed by atoms with E-state index in [4.69, 9.17) is 11.5 Å². The first-order chi connectivity index (χ1) is 6.10. The lowest BCUT2D eigenvalue weighted by Crippen LogP contribution is -2.60. The summed E-state index contributed by atoms with van der Waals surface area (Å²) in [4.78, 5) is 10.8. The van der Waals surface area contributed by atoms with E-state index in [0.717, 1.165) is 19.3 Å². The van der Waals surface area contributed by atoms with E-state index in [1.807, 2.05) is 0 Å². The summed E-state index contributed by atoms with van der Waals surface area (Å²) in [6, 6.07) is -0.459. The molecule has 0 aromatic carbocycles. The van der Waals surface area contributed by atoms with Gasteiger partial charge in [0.2, 0.25) is 0 Å². The monoisotopic (exact) mass is 185 g/mol. The van der Waals surface area contributed by atoms with Crippen molar-refractivity contribution in [3.8, 4) is 0 Å².